The number of β-amino-alcohol motifs (C(OH)–C–C–N with tert-alkyl or cyclic N) is 1. The van der Waals surface area contributed by atoms with Crippen molar-refractivity contribution in [2.45, 2.75) is 32.6 Å². The lowest BCUT2D eigenvalue weighted by Crippen LogP contribution is -2.33. The summed E-state index contributed by atoms with van der Waals surface area (Å²) in [5.41, 5.74) is 0. The highest BCUT2D eigenvalue weighted by Gasteiger charge is 2.13. The van der Waals surface area contributed by atoms with E-state index in [0.717, 1.165) is 52.1 Å². The molecule has 0 aromatic rings. The minimum absolute atomic E-state index is 0.255. The first-order valence-electron chi connectivity index (χ1n) is 6.83. The van der Waals surface area contributed by atoms with E-state index in [4.69, 9.17) is 5.11 Å². The molecule has 0 bridgehead atoms. The molecule has 4 heteroatoms. The van der Waals surface area contributed by atoms with Gasteiger partial charge in [0.1, 0.15) is 5.78 Å². The van der Waals surface area contributed by atoms with E-state index >= 15 is 0 Å². The molecule has 17 heavy (non-hydrogen) atoms. The van der Waals surface area contributed by atoms with Crippen LogP contribution in [0.5, 0.6) is 0 Å². The fourth-order valence-electron chi connectivity index (χ4n) is 2.29. The van der Waals surface area contributed by atoms with Crippen molar-refractivity contribution < 1.29 is 9.90 Å². The lowest BCUT2D eigenvalue weighted by Gasteiger charge is -2.20. The fourth-order valence-corrected chi connectivity index (χ4v) is 2.29. The standard InChI is InChI=1S/C13H26N2O2/c1-2-13(17)5-3-6-14-7-4-8-15(10-9-14)11-12-16/h16H,2-12H2,1H3. The number of aliphatic hydroxyl groups excluding tert-OH is 1. The van der Waals surface area contributed by atoms with Crippen molar-refractivity contribution in [1.82, 2.24) is 9.80 Å². The number of hydrogen-bond donors (Lipinski definition) is 1. The molecule has 1 N–H and O–H groups in total. The van der Waals surface area contributed by atoms with Gasteiger partial charge in [-0.3, -0.25) is 9.69 Å². The van der Waals surface area contributed by atoms with Crippen molar-refractivity contribution >= 4 is 5.78 Å². The third-order valence-corrected chi connectivity index (χ3v) is 3.42. The largest absolute Gasteiger partial charge is 0.395 e. The zero-order valence-electron chi connectivity index (χ0n) is 11.0. The van der Waals surface area contributed by atoms with Gasteiger partial charge in [0.2, 0.25) is 0 Å². The first kappa shape index (κ1) is 14.6. The van der Waals surface area contributed by atoms with Crippen LogP contribution in [0, 0.1) is 0 Å². The molecule has 0 amide bonds. The summed E-state index contributed by atoms with van der Waals surface area (Å²) in [4.78, 5) is 16.0. The minimum atomic E-state index is 0.255. The van der Waals surface area contributed by atoms with Crippen molar-refractivity contribution in [3.8, 4) is 0 Å². The first-order chi connectivity index (χ1) is 8.26. The van der Waals surface area contributed by atoms with Gasteiger partial charge in [-0.1, -0.05) is 6.92 Å². The number of hydrogen-bond acceptors (Lipinski definition) is 4. The summed E-state index contributed by atoms with van der Waals surface area (Å²) in [7, 11) is 0. The summed E-state index contributed by atoms with van der Waals surface area (Å²) in [5, 5.41) is 8.91. The second-order valence-corrected chi connectivity index (χ2v) is 4.76. The Morgan fingerprint density at radius 3 is 2.35 bits per heavy atom. The highest BCUT2D eigenvalue weighted by atomic mass is 16.3. The van der Waals surface area contributed by atoms with E-state index in [2.05, 4.69) is 9.80 Å². The maximum Gasteiger partial charge on any atom is 0.132 e. The Morgan fingerprint density at radius 1 is 1.12 bits per heavy atom. The van der Waals surface area contributed by atoms with Gasteiger partial charge < -0.3 is 10.0 Å². The summed E-state index contributed by atoms with van der Waals surface area (Å²) in [6, 6.07) is 0. The average molecular weight is 242 g/mol. The number of carbonyl (C=O) groups excluding carboxylic acids is 1. The Morgan fingerprint density at radius 2 is 1.76 bits per heavy atom. The summed E-state index contributed by atoms with van der Waals surface area (Å²) in [5.74, 6) is 0.377. The lowest BCUT2D eigenvalue weighted by atomic mass is 10.2. The van der Waals surface area contributed by atoms with Crippen molar-refractivity contribution in [3.63, 3.8) is 0 Å². The van der Waals surface area contributed by atoms with Gasteiger partial charge in [0.05, 0.1) is 6.61 Å². The maximum absolute atomic E-state index is 11.2. The molecule has 100 valence electrons. The van der Waals surface area contributed by atoms with Crippen LogP contribution in [0.3, 0.4) is 0 Å². The quantitative estimate of drug-likeness (QED) is 0.715. The summed E-state index contributed by atoms with van der Waals surface area (Å²) in [6.45, 7) is 8.35. The smallest absolute Gasteiger partial charge is 0.132 e. The molecule has 0 atom stereocenters. The first-order valence-corrected chi connectivity index (χ1v) is 6.83. The Balaban J connectivity index is 2.15. The topological polar surface area (TPSA) is 43.8 Å². The van der Waals surface area contributed by atoms with Crippen molar-refractivity contribution in [1.29, 1.82) is 0 Å². The molecule has 0 saturated carbocycles. The van der Waals surface area contributed by atoms with Crippen LogP contribution in [0.2, 0.25) is 0 Å². The zero-order valence-corrected chi connectivity index (χ0v) is 11.0. The molecule has 1 aliphatic rings. The molecule has 0 spiro atoms. The summed E-state index contributed by atoms with van der Waals surface area (Å²) >= 11 is 0. The van der Waals surface area contributed by atoms with Gasteiger partial charge in [0.25, 0.3) is 0 Å². The van der Waals surface area contributed by atoms with Gasteiger partial charge in [-0.25, -0.2) is 0 Å². The molecule has 4 nitrogen and oxygen atoms in total. The molecular formula is C13H26N2O2. The third-order valence-electron chi connectivity index (χ3n) is 3.42. The maximum atomic E-state index is 11.2. The van der Waals surface area contributed by atoms with Crippen molar-refractivity contribution in [3.05, 3.63) is 0 Å². The molecule has 0 unspecified atom stereocenters. The molecule has 1 aliphatic heterocycles. The van der Waals surface area contributed by atoms with Gasteiger partial charge in [0, 0.05) is 32.5 Å². The zero-order chi connectivity index (χ0) is 12.5. The number of carbonyl (C=O) groups is 1. The highest BCUT2D eigenvalue weighted by molar-refractivity contribution is 5.77. The number of ketones is 1. The van der Waals surface area contributed by atoms with Crippen LogP contribution >= 0.6 is 0 Å². The molecule has 0 radical (unpaired) electrons. The van der Waals surface area contributed by atoms with Crippen molar-refractivity contribution in [2.75, 3.05) is 45.9 Å². The molecule has 0 aromatic carbocycles. The molecule has 1 saturated heterocycles. The molecule has 1 heterocycles. The van der Waals surface area contributed by atoms with E-state index < -0.39 is 0 Å². The van der Waals surface area contributed by atoms with E-state index in [1.54, 1.807) is 0 Å². The van der Waals surface area contributed by atoms with Gasteiger partial charge in [-0.15, -0.1) is 0 Å². The number of aliphatic hydroxyl groups is 1. The number of rotatable bonds is 7. The van der Waals surface area contributed by atoms with E-state index in [1.807, 2.05) is 6.92 Å². The van der Waals surface area contributed by atoms with Crippen LogP contribution in [-0.4, -0.2) is 66.6 Å². The predicted molar refractivity (Wildman–Crippen MR) is 69.1 cm³/mol. The van der Waals surface area contributed by atoms with Crippen LogP contribution in [-0.2, 0) is 4.79 Å². The second-order valence-electron chi connectivity index (χ2n) is 4.76. The van der Waals surface area contributed by atoms with Crippen LogP contribution in [0.1, 0.15) is 32.6 Å². The highest BCUT2D eigenvalue weighted by Crippen LogP contribution is 2.05. The Bertz CT molecular complexity index is 221. The SMILES string of the molecule is CCC(=O)CCCN1CCCN(CCO)CC1. The van der Waals surface area contributed by atoms with E-state index in [-0.39, 0.29) is 6.61 Å². The summed E-state index contributed by atoms with van der Waals surface area (Å²) < 4.78 is 0. The minimum Gasteiger partial charge on any atom is -0.395 e. The van der Waals surface area contributed by atoms with Gasteiger partial charge >= 0.3 is 0 Å². The molecular weight excluding hydrogens is 216 g/mol. The second kappa shape index (κ2) is 8.61. The molecule has 0 aliphatic carbocycles. The van der Waals surface area contributed by atoms with Crippen LogP contribution in [0.25, 0.3) is 0 Å². The molecule has 0 aromatic heterocycles. The van der Waals surface area contributed by atoms with Crippen LogP contribution < -0.4 is 0 Å². The van der Waals surface area contributed by atoms with E-state index in [9.17, 15) is 4.79 Å². The lowest BCUT2D eigenvalue weighted by molar-refractivity contribution is -0.118. The Labute approximate surface area is 105 Å². The predicted octanol–water partition coefficient (Wildman–Crippen LogP) is 0.746. The van der Waals surface area contributed by atoms with E-state index in [0.29, 0.717) is 12.2 Å². The fraction of sp³-hybridized carbons (Fsp3) is 0.923. The third kappa shape index (κ3) is 6.15. The summed E-state index contributed by atoms with van der Waals surface area (Å²) in [6.07, 6.45) is 3.56. The van der Waals surface area contributed by atoms with Gasteiger partial charge in [0.15, 0.2) is 0 Å². The Hall–Kier alpha value is -0.450. The van der Waals surface area contributed by atoms with Gasteiger partial charge in [-0.05, 0) is 32.5 Å². The molecule has 1 rings (SSSR count). The van der Waals surface area contributed by atoms with Crippen LogP contribution in [0.15, 0.2) is 0 Å². The van der Waals surface area contributed by atoms with Gasteiger partial charge in [-0.2, -0.15) is 0 Å². The normalized spacial score (nSPS) is 19.2. The molecule has 1 fully saturated rings. The van der Waals surface area contributed by atoms with E-state index in [1.165, 1.54) is 6.42 Å². The average Bonchev–Trinajstić information content (AvgIpc) is 2.55. The number of Topliss-reactive ketones (excluding diaryl/α,β-unsaturated/α-hetero) is 1. The number of nitrogens with zero attached hydrogens (tertiary/aromatic N) is 2. The monoisotopic (exact) mass is 242 g/mol. The Kier molecular flexibility index (Phi) is 7.40. The van der Waals surface area contributed by atoms with Crippen LogP contribution in [0.4, 0.5) is 0 Å². The van der Waals surface area contributed by atoms with Crippen molar-refractivity contribution in [2.24, 2.45) is 0 Å².